The monoisotopic (exact) mass is 754 g/mol. The first-order valence-corrected chi connectivity index (χ1v) is 20.4. The molecule has 0 aromatic heterocycles. The largest absolute Gasteiger partial charge is 0.481 e. The van der Waals surface area contributed by atoms with Crippen molar-refractivity contribution in [2.75, 3.05) is 26.2 Å². The van der Waals surface area contributed by atoms with Gasteiger partial charge in [0.1, 0.15) is 11.1 Å². The van der Waals surface area contributed by atoms with Gasteiger partial charge in [-0.2, -0.15) is 0 Å². The number of Topliss-reactive ketones (excluding diaryl/α,β-unsaturated/α-hetero) is 2. The van der Waals surface area contributed by atoms with E-state index in [1.807, 2.05) is 17.9 Å². The van der Waals surface area contributed by atoms with Crippen molar-refractivity contribution in [1.29, 1.82) is 0 Å². The van der Waals surface area contributed by atoms with Crippen LogP contribution in [0.1, 0.15) is 114 Å². The molecule has 11 heteroatoms. The van der Waals surface area contributed by atoms with Crippen LogP contribution in [0.25, 0.3) is 0 Å². The van der Waals surface area contributed by atoms with Crippen LogP contribution in [-0.4, -0.2) is 82.5 Å². The Morgan fingerprint density at radius 1 is 0.655 bits per heavy atom. The van der Waals surface area contributed by atoms with E-state index in [9.17, 15) is 28.8 Å². The molecule has 8 rings (SSSR count). The minimum Gasteiger partial charge on any atom is -0.481 e. The lowest BCUT2D eigenvalue weighted by Gasteiger charge is -2.36. The third kappa shape index (κ3) is 9.72. The first-order chi connectivity index (χ1) is 26.4. The van der Waals surface area contributed by atoms with Crippen LogP contribution in [0.3, 0.4) is 0 Å². The first-order valence-electron chi connectivity index (χ1n) is 20.4. The summed E-state index contributed by atoms with van der Waals surface area (Å²) in [4.78, 5) is 73.2. The van der Waals surface area contributed by atoms with Crippen LogP contribution in [-0.2, 0) is 28.8 Å². The molecule has 0 unspecified atom stereocenters. The minimum absolute atomic E-state index is 0.0163. The van der Waals surface area contributed by atoms with Gasteiger partial charge in [0, 0.05) is 19.0 Å². The van der Waals surface area contributed by atoms with Gasteiger partial charge >= 0.3 is 5.97 Å². The Kier molecular flexibility index (Phi) is 12.9. The highest BCUT2D eigenvalue weighted by Gasteiger charge is 2.57. The molecule has 4 atom stereocenters. The summed E-state index contributed by atoms with van der Waals surface area (Å²) in [6, 6.07) is 21.4. The van der Waals surface area contributed by atoms with Crippen molar-refractivity contribution in [1.82, 2.24) is 20.9 Å². The van der Waals surface area contributed by atoms with Crippen molar-refractivity contribution in [2.24, 2.45) is 23.7 Å². The van der Waals surface area contributed by atoms with Gasteiger partial charge in [-0.05, 0) is 112 Å². The molecule has 6 fully saturated rings. The zero-order valence-corrected chi connectivity index (χ0v) is 32.4. The number of aliphatic carboxylic acids is 1. The SMILES string of the molecule is C[C@@H](C[C@@]1(C2CC2)NC(=O)CC1=O)C(=O)N1CCC(c2ccccc2)CC1.C[C@@H](C[C@@]1(C2CC2)NC(=O)CC1=O)C(=O)O.c1ccc(C2CCNCC2)cc1. The van der Waals surface area contributed by atoms with E-state index in [0.29, 0.717) is 12.3 Å². The van der Waals surface area contributed by atoms with Crippen LogP contribution in [0.4, 0.5) is 0 Å². The van der Waals surface area contributed by atoms with Gasteiger partial charge in [0.05, 0.1) is 18.8 Å². The summed E-state index contributed by atoms with van der Waals surface area (Å²) >= 11 is 0. The number of carboxylic acid groups (broad SMARTS) is 1. The molecule has 0 radical (unpaired) electrons. The molecule has 55 heavy (non-hydrogen) atoms. The van der Waals surface area contributed by atoms with E-state index in [0.717, 1.165) is 57.5 Å². The number of carbonyl (C=O) groups is 6. The van der Waals surface area contributed by atoms with E-state index in [4.69, 9.17) is 5.11 Å². The summed E-state index contributed by atoms with van der Waals surface area (Å²) in [6.07, 6.45) is 8.83. The average Bonchev–Trinajstić information content (AvgIpc) is 4.14. The number of amides is 3. The third-order valence-corrected chi connectivity index (χ3v) is 12.7. The normalized spacial score (nSPS) is 26.8. The fraction of sp³-hybridized carbons (Fsp3) is 0.591. The van der Waals surface area contributed by atoms with Crippen molar-refractivity contribution < 1.29 is 33.9 Å². The predicted octanol–water partition coefficient (Wildman–Crippen LogP) is 5.15. The topological polar surface area (TPSA) is 162 Å². The number of likely N-dealkylation sites (tertiary alicyclic amines) is 1. The van der Waals surface area contributed by atoms with Gasteiger partial charge in [0.25, 0.3) is 0 Å². The van der Waals surface area contributed by atoms with Crippen molar-refractivity contribution in [3.63, 3.8) is 0 Å². The van der Waals surface area contributed by atoms with Crippen molar-refractivity contribution in [3.8, 4) is 0 Å². The molecule has 3 amide bonds. The summed E-state index contributed by atoms with van der Waals surface area (Å²) in [5, 5.41) is 17.9. The number of hydrogen-bond acceptors (Lipinski definition) is 7. The molecule has 2 aliphatic carbocycles. The lowest BCUT2D eigenvalue weighted by atomic mass is 9.80. The van der Waals surface area contributed by atoms with E-state index in [-0.39, 0.29) is 66.3 Å². The van der Waals surface area contributed by atoms with E-state index in [1.54, 1.807) is 6.92 Å². The maximum absolute atomic E-state index is 13.0. The van der Waals surface area contributed by atoms with Crippen molar-refractivity contribution >= 4 is 35.3 Å². The number of hydrogen-bond donors (Lipinski definition) is 4. The Morgan fingerprint density at radius 2 is 1.07 bits per heavy atom. The molecule has 296 valence electrons. The van der Waals surface area contributed by atoms with Crippen LogP contribution in [0, 0.1) is 23.7 Å². The van der Waals surface area contributed by atoms with Gasteiger partial charge in [-0.3, -0.25) is 28.8 Å². The quantitative estimate of drug-likeness (QED) is 0.243. The summed E-state index contributed by atoms with van der Waals surface area (Å²) in [5.41, 5.74) is 1.20. The molecule has 2 aromatic rings. The van der Waals surface area contributed by atoms with Gasteiger partial charge in [-0.15, -0.1) is 0 Å². The van der Waals surface area contributed by atoms with Crippen LogP contribution in [0.5, 0.6) is 0 Å². The van der Waals surface area contributed by atoms with Gasteiger partial charge in [-0.25, -0.2) is 0 Å². The molecule has 4 heterocycles. The van der Waals surface area contributed by atoms with Crippen LogP contribution in [0.2, 0.25) is 0 Å². The smallest absolute Gasteiger partial charge is 0.306 e. The number of ketones is 2. The predicted molar refractivity (Wildman–Crippen MR) is 208 cm³/mol. The Bertz CT molecular complexity index is 1700. The third-order valence-electron chi connectivity index (χ3n) is 12.7. The molecule has 4 N–H and O–H groups in total. The Morgan fingerprint density at radius 3 is 1.45 bits per heavy atom. The molecular weight excluding hydrogens is 697 g/mol. The second-order valence-electron chi connectivity index (χ2n) is 16.8. The summed E-state index contributed by atoms with van der Waals surface area (Å²) in [6.45, 7) is 7.37. The van der Waals surface area contributed by atoms with Crippen LogP contribution < -0.4 is 16.0 Å². The second kappa shape index (κ2) is 17.6. The highest BCUT2D eigenvalue weighted by molar-refractivity contribution is 6.11. The van der Waals surface area contributed by atoms with Gasteiger partial charge in [0.2, 0.25) is 17.7 Å². The molecule has 4 aliphatic heterocycles. The van der Waals surface area contributed by atoms with E-state index in [2.05, 4.69) is 70.5 Å². The van der Waals surface area contributed by atoms with Crippen LogP contribution in [0.15, 0.2) is 60.7 Å². The molecule has 0 bridgehead atoms. The van der Waals surface area contributed by atoms with Gasteiger partial charge in [0.15, 0.2) is 11.6 Å². The zero-order valence-electron chi connectivity index (χ0n) is 32.4. The summed E-state index contributed by atoms with van der Waals surface area (Å²) < 4.78 is 0. The molecule has 0 spiro atoms. The number of rotatable bonds is 10. The maximum atomic E-state index is 13.0. The highest BCUT2D eigenvalue weighted by atomic mass is 16.4. The molecular formula is C44H58N4O7. The summed E-state index contributed by atoms with van der Waals surface area (Å²) in [7, 11) is 0. The van der Waals surface area contributed by atoms with E-state index in [1.165, 1.54) is 37.1 Å². The summed E-state index contributed by atoms with van der Waals surface area (Å²) in [5.74, 6) is -0.584. The van der Waals surface area contributed by atoms with Crippen molar-refractivity contribution in [3.05, 3.63) is 71.8 Å². The van der Waals surface area contributed by atoms with E-state index >= 15 is 0 Å². The number of nitrogens with one attached hydrogen (secondary N) is 3. The Labute approximate surface area is 324 Å². The standard InChI is InChI=1S/C22H28N2O3.C11H15NO4.C11H15N/c1-15(14-22(18-7-8-18)19(25)13-20(26)23-22)21(27)24-11-9-17(10-12-24)16-5-3-2-4-6-16;1-6(10(15)16)5-11(7-2-3-7)8(13)4-9(14)12-11;1-2-4-10(5-3-1)11-6-8-12-9-7-11/h2-6,15,17-18H,7-14H2,1H3,(H,23,26);6-7H,2-5H2,1H3,(H,12,14)(H,15,16);1-5,11-12H,6-9H2/t15-,22-;6-,11-;/m00./s1. The lowest BCUT2D eigenvalue weighted by Crippen LogP contribution is -2.52. The molecule has 2 saturated carbocycles. The lowest BCUT2D eigenvalue weighted by molar-refractivity contribution is -0.142. The zero-order chi connectivity index (χ0) is 39.2. The van der Waals surface area contributed by atoms with Crippen molar-refractivity contribution in [2.45, 2.75) is 114 Å². The number of piperidine rings is 2. The fourth-order valence-electron chi connectivity index (χ4n) is 9.30. The maximum Gasteiger partial charge on any atom is 0.306 e. The molecule has 4 saturated heterocycles. The van der Waals surface area contributed by atoms with E-state index < -0.39 is 23.0 Å². The Balaban J connectivity index is 0.000000155. The number of carbonyl (C=O) groups excluding carboxylic acids is 5. The average molecular weight is 755 g/mol. The molecule has 2 aromatic carbocycles. The molecule has 11 nitrogen and oxygen atoms in total. The number of benzene rings is 2. The van der Waals surface area contributed by atoms with Gasteiger partial charge < -0.3 is 26.0 Å². The van der Waals surface area contributed by atoms with Gasteiger partial charge in [-0.1, -0.05) is 74.5 Å². The fourth-order valence-corrected chi connectivity index (χ4v) is 9.30. The number of carboxylic acids is 1. The first kappa shape index (κ1) is 40.3. The number of nitrogens with zero attached hydrogens (tertiary/aromatic N) is 1. The minimum atomic E-state index is -0.922. The second-order valence-corrected chi connectivity index (χ2v) is 16.8. The Hall–Kier alpha value is -4.38. The molecule has 6 aliphatic rings. The highest BCUT2D eigenvalue weighted by Crippen LogP contribution is 2.47. The van der Waals surface area contributed by atoms with Crippen LogP contribution >= 0.6 is 0 Å².